The Labute approximate surface area is 137 Å². The lowest BCUT2D eigenvalue weighted by Gasteiger charge is -2.29. The molecule has 0 radical (unpaired) electrons. The van der Waals surface area contributed by atoms with E-state index in [-0.39, 0.29) is 11.3 Å². The zero-order valence-corrected chi connectivity index (χ0v) is 14.1. The van der Waals surface area contributed by atoms with Crippen molar-refractivity contribution in [3.05, 3.63) is 34.9 Å². The molecule has 0 spiro atoms. The van der Waals surface area contributed by atoms with Crippen LogP contribution in [0.5, 0.6) is 0 Å². The van der Waals surface area contributed by atoms with Crippen molar-refractivity contribution in [1.29, 1.82) is 0 Å². The number of sulfonamides is 1. The van der Waals surface area contributed by atoms with E-state index in [1.165, 1.54) is 5.56 Å². The topological polar surface area (TPSA) is 81.4 Å². The summed E-state index contributed by atoms with van der Waals surface area (Å²) in [4.78, 5) is 0. The molecule has 5 nitrogen and oxygen atoms in total. The van der Waals surface area contributed by atoms with Crippen LogP contribution in [0, 0.1) is 0 Å². The van der Waals surface area contributed by atoms with Crippen LogP contribution in [0.3, 0.4) is 0 Å². The van der Waals surface area contributed by atoms with Crippen molar-refractivity contribution in [2.24, 2.45) is 5.14 Å². The maximum absolute atomic E-state index is 10.9. The van der Waals surface area contributed by atoms with E-state index < -0.39 is 10.0 Å². The lowest BCUT2D eigenvalue weighted by Crippen LogP contribution is -2.48. The minimum atomic E-state index is -3.36. The molecule has 0 saturated carbocycles. The van der Waals surface area contributed by atoms with Crippen molar-refractivity contribution >= 4 is 21.6 Å². The van der Waals surface area contributed by atoms with E-state index >= 15 is 0 Å². The number of hydrogen-bond acceptors (Lipinski definition) is 4. The highest BCUT2D eigenvalue weighted by molar-refractivity contribution is 7.89. The number of halogens is 1. The van der Waals surface area contributed by atoms with Gasteiger partial charge < -0.3 is 10.1 Å². The number of unbranched alkanes of at least 4 members (excludes halogenated alkanes) is 1. The average molecular weight is 347 g/mol. The van der Waals surface area contributed by atoms with Crippen molar-refractivity contribution in [3.8, 4) is 0 Å². The monoisotopic (exact) mass is 346 g/mol. The molecule has 1 aromatic carbocycles. The Balaban J connectivity index is 1.84. The highest BCUT2D eigenvalue weighted by Crippen LogP contribution is 2.24. The molecule has 1 heterocycles. The first-order valence-corrected chi connectivity index (χ1v) is 9.56. The van der Waals surface area contributed by atoms with E-state index in [1.54, 1.807) is 0 Å². The van der Waals surface area contributed by atoms with E-state index in [4.69, 9.17) is 21.5 Å². The lowest BCUT2D eigenvalue weighted by atomic mass is 9.90. The molecule has 1 fully saturated rings. The van der Waals surface area contributed by atoms with Crippen molar-refractivity contribution in [2.45, 2.75) is 31.2 Å². The molecular formula is C15H23ClN2O3S. The minimum absolute atomic E-state index is 0.0371. The highest BCUT2D eigenvalue weighted by Gasteiger charge is 2.34. The molecule has 0 bridgehead atoms. The minimum Gasteiger partial charge on any atom is -0.379 e. The smallest absolute Gasteiger partial charge is 0.209 e. The van der Waals surface area contributed by atoms with Crippen LogP contribution < -0.4 is 10.5 Å². The quantitative estimate of drug-likeness (QED) is 0.702. The molecular weight excluding hydrogens is 324 g/mol. The van der Waals surface area contributed by atoms with Crippen LogP contribution in [0.15, 0.2) is 24.3 Å². The fourth-order valence-corrected chi connectivity index (χ4v) is 3.46. The number of hydrogen-bond donors (Lipinski definition) is 2. The van der Waals surface area contributed by atoms with Crippen LogP contribution in [0.2, 0.25) is 5.02 Å². The van der Waals surface area contributed by atoms with E-state index in [0.717, 1.165) is 37.4 Å². The summed E-state index contributed by atoms with van der Waals surface area (Å²) in [6.07, 6.45) is 3.17. The van der Waals surface area contributed by atoms with Crippen molar-refractivity contribution in [1.82, 2.24) is 5.32 Å². The molecule has 1 atom stereocenters. The SMILES string of the molecule is NS(=O)(=O)CCCCNC1(Cc2ccc(Cl)cc2)CCOC1. The van der Waals surface area contributed by atoms with Gasteiger partial charge in [0, 0.05) is 17.2 Å². The van der Waals surface area contributed by atoms with Gasteiger partial charge in [0.15, 0.2) is 0 Å². The third kappa shape index (κ3) is 5.85. The predicted octanol–water partition coefficient (Wildman–Crippen LogP) is 1.70. The van der Waals surface area contributed by atoms with Gasteiger partial charge >= 0.3 is 0 Å². The first-order chi connectivity index (χ1) is 10.4. The van der Waals surface area contributed by atoms with Crippen LogP contribution in [0.4, 0.5) is 0 Å². The van der Waals surface area contributed by atoms with Crippen LogP contribution in [0.25, 0.3) is 0 Å². The summed E-state index contributed by atoms with van der Waals surface area (Å²) in [5.41, 5.74) is 1.14. The second-order valence-electron chi connectivity index (χ2n) is 5.89. The molecule has 1 aromatic rings. The van der Waals surface area contributed by atoms with Crippen molar-refractivity contribution in [3.63, 3.8) is 0 Å². The molecule has 124 valence electrons. The summed E-state index contributed by atoms with van der Waals surface area (Å²) in [6, 6.07) is 7.86. The first-order valence-electron chi connectivity index (χ1n) is 7.46. The van der Waals surface area contributed by atoms with Crippen LogP contribution in [0.1, 0.15) is 24.8 Å². The second-order valence-corrected chi connectivity index (χ2v) is 8.06. The average Bonchev–Trinajstić information content (AvgIpc) is 2.89. The molecule has 0 amide bonds. The van der Waals surface area contributed by atoms with Crippen molar-refractivity contribution in [2.75, 3.05) is 25.5 Å². The number of nitrogens with two attached hydrogens (primary N) is 1. The predicted molar refractivity (Wildman–Crippen MR) is 88.5 cm³/mol. The van der Waals surface area contributed by atoms with Gasteiger partial charge in [-0.2, -0.15) is 0 Å². The largest absolute Gasteiger partial charge is 0.379 e. The van der Waals surface area contributed by atoms with Gasteiger partial charge in [-0.05, 0) is 49.9 Å². The van der Waals surface area contributed by atoms with E-state index in [9.17, 15) is 8.42 Å². The molecule has 0 aromatic heterocycles. The molecule has 1 aliphatic heterocycles. The number of benzene rings is 1. The van der Waals surface area contributed by atoms with Crippen molar-refractivity contribution < 1.29 is 13.2 Å². The molecule has 3 N–H and O–H groups in total. The fourth-order valence-electron chi connectivity index (χ4n) is 2.72. The number of nitrogens with one attached hydrogen (secondary N) is 1. The van der Waals surface area contributed by atoms with Gasteiger partial charge in [-0.3, -0.25) is 0 Å². The summed E-state index contributed by atoms with van der Waals surface area (Å²) in [7, 11) is -3.36. The summed E-state index contributed by atoms with van der Waals surface area (Å²) >= 11 is 5.92. The summed E-state index contributed by atoms with van der Waals surface area (Å²) in [5, 5.41) is 9.28. The summed E-state index contributed by atoms with van der Waals surface area (Å²) in [5.74, 6) is 0.0371. The zero-order valence-electron chi connectivity index (χ0n) is 12.6. The molecule has 7 heteroatoms. The number of ether oxygens (including phenoxy) is 1. The van der Waals surface area contributed by atoms with E-state index in [1.807, 2.05) is 24.3 Å². The summed E-state index contributed by atoms with van der Waals surface area (Å²) in [6.45, 7) is 2.18. The Bertz CT molecular complexity index is 569. The molecule has 1 aliphatic rings. The number of rotatable bonds is 8. The van der Waals surface area contributed by atoms with Gasteiger partial charge in [0.1, 0.15) is 0 Å². The Hall–Kier alpha value is -0.660. The van der Waals surface area contributed by atoms with Crippen LogP contribution >= 0.6 is 11.6 Å². The fraction of sp³-hybridized carbons (Fsp3) is 0.600. The third-order valence-corrected chi connectivity index (χ3v) is 5.02. The molecule has 1 unspecified atom stereocenters. The van der Waals surface area contributed by atoms with Gasteiger partial charge in [-0.1, -0.05) is 23.7 Å². The normalized spacial score (nSPS) is 22.1. The highest BCUT2D eigenvalue weighted by atomic mass is 35.5. The lowest BCUT2D eigenvalue weighted by molar-refractivity contribution is 0.166. The van der Waals surface area contributed by atoms with Gasteiger partial charge in [-0.15, -0.1) is 0 Å². The van der Waals surface area contributed by atoms with Crippen LogP contribution in [-0.4, -0.2) is 39.5 Å². The van der Waals surface area contributed by atoms with Gasteiger partial charge in [-0.25, -0.2) is 13.6 Å². The molecule has 2 rings (SSSR count). The summed E-state index contributed by atoms with van der Waals surface area (Å²) < 4.78 is 27.4. The zero-order chi connectivity index (χ0) is 16.1. The van der Waals surface area contributed by atoms with E-state index in [0.29, 0.717) is 13.0 Å². The molecule has 0 aliphatic carbocycles. The molecule has 1 saturated heterocycles. The molecule has 22 heavy (non-hydrogen) atoms. The second kappa shape index (κ2) is 7.75. The Morgan fingerprint density at radius 2 is 2.00 bits per heavy atom. The maximum Gasteiger partial charge on any atom is 0.209 e. The maximum atomic E-state index is 10.9. The number of primary sulfonamides is 1. The Kier molecular flexibility index (Phi) is 6.23. The Morgan fingerprint density at radius 1 is 1.27 bits per heavy atom. The third-order valence-electron chi connectivity index (χ3n) is 3.91. The standard InChI is InChI=1S/C15H23ClN2O3S/c16-14-5-3-13(4-6-14)11-15(7-9-21-12-15)18-8-1-2-10-22(17,19)20/h3-6,18H,1-2,7-12H2,(H2,17,19,20). The van der Waals surface area contributed by atoms with Gasteiger partial charge in [0.2, 0.25) is 10.0 Å². The Morgan fingerprint density at radius 3 is 2.59 bits per heavy atom. The van der Waals surface area contributed by atoms with Crippen LogP contribution in [-0.2, 0) is 21.2 Å². The first kappa shape index (κ1) is 17.7. The van der Waals surface area contributed by atoms with Gasteiger partial charge in [0.05, 0.1) is 12.4 Å². The van der Waals surface area contributed by atoms with E-state index in [2.05, 4.69) is 5.32 Å². The van der Waals surface area contributed by atoms with Gasteiger partial charge in [0.25, 0.3) is 0 Å².